The normalized spacial score (nSPS) is 14.3. The molecule has 0 fully saturated rings. The Morgan fingerprint density at radius 3 is 2.33 bits per heavy atom. The summed E-state index contributed by atoms with van der Waals surface area (Å²) in [6.45, 7) is 7.15. The predicted molar refractivity (Wildman–Crippen MR) is 43.6 cm³/mol. The fraction of sp³-hybridized carbons (Fsp3) is 0.875. The van der Waals surface area contributed by atoms with Gasteiger partial charge in [-0.05, 0) is 27.7 Å². The van der Waals surface area contributed by atoms with Gasteiger partial charge in [0, 0.05) is 0 Å². The van der Waals surface area contributed by atoms with Gasteiger partial charge in [-0.2, -0.15) is 0 Å². The molecule has 1 atom stereocenters. The maximum atomic E-state index is 10.2. The third-order valence-electron chi connectivity index (χ3n) is 0.924. The molecule has 0 bridgehead atoms. The van der Waals surface area contributed by atoms with Crippen molar-refractivity contribution in [3.8, 4) is 0 Å². The summed E-state index contributed by atoms with van der Waals surface area (Å²) in [7, 11) is 0. The van der Waals surface area contributed by atoms with E-state index in [0.29, 0.717) is 0 Å². The molecule has 0 rings (SSSR count). The summed E-state index contributed by atoms with van der Waals surface area (Å²) < 4.78 is 0. The van der Waals surface area contributed by atoms with Crippen LogP contribution in [0.4, 0.5) is 0 Å². The first kappa shape index (κ1) is 11.4. The van der Waals surface area contributed by atoms with Gasteiger partial charge in [-0.1, -0.05) is 0 Å². The molecular weight excluding hydrogens is 160 g/mol. The van der Waals surface area contributed by atoms with Crippen molar-refractivity contribution in [3.05, 3.63) is 0 Å². The Hall–Kier alpha value is -0.610. The summed E-state index contributed by atoms with van der Waals surface area (Å²) in [6.07, 6.45) is -0.461. The van der Waals surface area contributed by atoms with Crippen LogP contribution < -0.4 is 0 Å². The molecule has 72 valence electrons. The van der Waals surface area contributed by atoms with Gasteiger partial charge < -0.3 is 5.11 Å². The summed E-state index contributed by atoms with van der Waals surface area (Å²) in [6, 6.07) is 0. The first-order chi connectivity index (χ1) is 5.31. The fourth-order valence-corrected chi connectivity index (χ4v) is 0.506. The molecule has 0 radical (unpaired) electrons. The van der Waals surface area contributed by atoms with Crippen molar-refractivity contribution in [2.45, 2.75) is 45.8 Å². The number of aliphatic carboxylic acids is 1. The molecule has 0 aromatic rings. The molecule has 4 heteroatoms. The van der Waals surface area contributed by atoms with Crippen molar-refractivity contribution in [3.63, 3.8) is 0 Å². The number of carboxylic acids is 1. The number of carbonyl (C=O) groups is 1. The molecule has 0 unspecified atom stereocenters. The zero-order valence-corrected chi connectivity index (χ0v) is 7.96. The number of rotatable bonds is 4. The van der Waals surface area contributed by atoms with Crippen LogP contribution in [0, 0.1) is 0 Å². The highest BCUT2D eigenvalue weighted by atomic mass is 17.2. The van der Waals surface area contributed by atoms with Crippen LogP contribution in [0.2, 0.25) is 0 Å². The molecule has 0 aromatic carbocycles. The number of hydrogen-bond donors (Lipinski definition) is 1. The Balaban J connectivity index is 3.57. The van der Waals surface area contributed by atoms with E-state index < -0.39 is 17.7 Å². The van der Waals surface area contributed by atoms with Gasteiger partial charge in [0.15, 0.2) is 0 Å². The van der Waals surface area contributed by atoms with Crippen LogP contribution in [-0.2, 0) is 14.6 Å². The van der Waals surface area contributed by atoms with Crippen LogP contribution in [0.3, 0.4) is 0 Å². The first-order valence-electron chi connectivity index (χ1n) is 3.87. The number of carboxylic acid groups (broad SMARTS) is 1. The third-order valence-corrected chi connectivity index (χ3v) is 0.924. The third kappa shape index (κ3) is 7.50. The largest absolute Gasteiger partial charge is 0.481 e. The molecule has 0 aromatic heterocycles. The molecule has 0 spiro atoms. The predicted octanol–water partition coefficient (Wildman–Crippen LogP) is 1.60. The Kier molecular flexibility index (Phi) is 4.20. The summed E-state index contributed by atoms with van der Waals surface area (Å²) in [4.78, 5) is 20.0. The van der Waals surface area contributed by atoms with Crippen LogP contribution in [0.15, 0.2) is 0 Å². The van der Waals surface area contributed by atoms with Gasteiger partial charge >= 0.3 is 5.97 Å². The van der Waals surface area contributed by atoms with Crippen LogP contribution in [0.1, 0.15) is 34.1 Å². The molecule has 0 amide bonds. The summed E-state index contributed by atoms with van der Waals surface area (Å²) in [5.74, 6) is -0.889. The molecule has 1 N–H and O–H groups in total. The molecule has 4 nitrogen and oxygen atoms in total. The first-order valence-corrected chi connectivity index (χ1v) is 3.87. The molecular formula is C8H16O4. The molecule has 12 heavy (non-hydrogen) atoms. The Morgan fingerprint density at radius 1 is 1.50 bits per heavy atom. The van der Waals surface area contributed by atoms with E-state index in [1.54, 1.807) is 6.92 Å². The maximum Gasteiger partial charge on any atom is 0.306 e. The number of hydrogen-bond acceptors (Lipinski definition) is 3. The van der Waals surface area contributed by atoms with E-state index in [4.69, 9.17) is 14.9 Å². The second kappa shape index (κ2) is 4.42. The van der Waals surface area contributed by atoms with E-state index in [2.05, 4.69) is 0 Å². The highest BCUT2D eigenvalue weighted by Gasteiger charge is 2.15. The van der Waals surface area contributed by atoms with Gasteiger partial charge in [0.05, 0.1) is 12.0 Å². The smallest absolute Gasteiger partial charge is 0.306 e. The highest BCUT2D eigenvalue weighted by Crippen LogP contribution is 2.10. The van der Waals surface area contributed by atoms with Crippen LogP contribution >= 0.6 is 0 Å². The summed E-state index contributed by atoms with van der Waals surface area (Å²) >= 11 is 0. The average Bonchev–Trinajstić information content (AvgIpc) is 1.80. The van der Waals surface area contributed by atoms with Gasteiger partial charge in [-0.25, -0.2) is 9.78 Å². The van der Waals surface area contributed by atoms with Crippen molar-refractivity contribution < 1.29 is 19.7 Å². The zero-order valence-electron chi connectivity index (χ0n) is 7.96. The second-order valence-corrected chi connectivity index (χ2v) is 3.70. The lowest BCUT2D eigenvalue weighted by Crippen LogP contribution is -2.24. The highest BCUT2D eigenvalue weighted by molar-refractivity contribution is 5.67. The fourth-order valence-electron chi connectivity index (χ4n) is 0.506. The Morgan fingerprint density at radius 2 is 2.00 bits per heavy atom. The van der Waals surface area contributed by atoms with E-state index >= 15 is 0 Å². The van der Waals surface area contributed by atoms with E-state index in [-0.39, 0.29) is 6.42 Å². The lowest BCUT2D eigenvalue weighted by atomic mass is 10.2. The molecule has 0 saturated carbocycles. The molecule has 0 heterocycles. The molecule has 0 aliphatic heterocycles. The van der Waals surface area contributed by atoms with Crippen molar-refractivity contribution in [2.75, 3.05) is 0 Å². The van der Waals surface area contributed by atoms with E-state index in [1.165, 1.54) is 0 Å². The molecule has 0 saturated heterocycles. The quantitative estimate of drug-likeness (QED) is 0.522. The topological polar surface area (TPSA) is 55.8 Å². The Labute approximate surface area is 72.4 Å². The van der Waals surface area contributed by atoms with Gasteiger partial charge in [0.1, 0.15) is 6.10 Å². The Bertz CT molecular complexity index is 148. The molecule has 0 aliphatic rings. The summed E-state index contributed by atoms with van der Waals surface area (Å²) in [5.41, 5.74) is -0.396. The maximum absolute atomic E-state index is 10.2. The van der Waals surface area contributed by atoms with Crippen molar-refractivity contribution in [1.82, 2.24) is 0 Å². The van der Waals surface area contributed by atoms with E-state index in [0.717, 1.165) is 0 Å². The van der Waals surface area contributed by atoms with E-state index in [9.17, 15) is 4.79 Å². The van der Waals surface area contributed by atoms with Crippen LogP contribution in [0.25, 0.3) is 0 Å². The lowest BCUT2D eigenvalue weighted by Gasteiger charge is -2.20. The lowest BCUT2D eigenvalue weighted by molar-refractivity contribution is -0.369. The SMILES string of the molecule is C[C@H](CC(=O)O)OOC(C)(C)C. The van der Waals surface area contributed by atoms with E-state index in [1.807, 2.05) is 20.8 Å². The van der Waals surface area contributed by atoms with Crippen molar-refractivity contribution >= 4 is 5.97 Å². The minimum Gasteiger partial charge on any atom is -0.481 e. The van der Waals surface area contributed by atoms with Gasteiger partial charge in [-0.3, -0.25) is 4.79 Å². The monoisotopic (exact) mass is 176 g/mol. The van der Waals surface area contributed by atoms with Gasteiger partial charge in [-0.15, -0.1) is 0 Å². The van der Waals surface area contributed by atoms with Gasteiger partial charge in [0.25, 0.3) is 0 Å². The van der Waals surface area contributed by atoms with Gasteiger partial charge in [0.2, 0.25) is 0 Å². The summed E-state index contributed by atoms with van der Waals surface area (Å²) in [5, 5.41) is 8.38. The van der Waals surface area contributed by atoms with Crippen LogP contribution in [0.5, 0.6) is 0 Å². The second-order valence-electron chi connectivity index (χ2n) is 3.70. The molecule has 0 aliphatic carbocycles. The zero-order chi connectivity index (χ0) is 9.78. The van der Waals surface area contributed by atoms with Crippen LogP contribution in [-0.4, -0.2) is 22.8 Å². The average molecular weight is 176 g/mol. The minimum atomic E-state index is -0.889. The van der Waals surface area contributed by atoms with Crippen molar-refractivity contribution in [2.24, 2.45) is 0 Å². The van der Waals surface area contributed by atoms with Crippen molar-refractivity contribution in [1.29, 1.82) is 0 Å². The minimum absolute atomic E-state index is 0.0456. The standard InChI is InChI=1S/C8H16O4/c1-6(5-7(9)10)11-12-8(2,3)4/h6H,5H2,1-4H3,(H,9,10)/t6-/m1/s1.